The van der Waals surface area contributed by atoms with Gasteiger partial charge >= 0.3 is 0 Å². The molecule has 0 aliphatic heterocycles. The van der Waals surface area contributed by atoms with Gasteiger partial charge in [-0.2, -0.15) is 0 Å². The lowest BCUT2D eigenvalue weighted by atomic mass is 10.1. The fourth-order valence-corrected chi connectivity index (χ4v) is 4.03. The molecule has 2 N–H and O–H groups in total. The van der Waals surface area contributed by atoms with E-state index in [2.05, 4.69) is 20.2 Å². The summed E-state index contributed by atoms with van der Waals surface area (Å²) in [5.74, 6) is -0.373. The van der Waals surface area contributed by atoms with Gasteiger partial charge in [-0.3, -0.25) is 10.1 Å². The minimum absolute atomic E-state index is 0.121. The van der Waals surface area contributed by atoms with E-state index >= 15 is 0 Å². The molecule has 26 heavy (non-hydrogen) atoms. The molecule has 7 nitrogen and oxygen atoms in total. The molecule has 0 unspecified atom stereocenters. The number of hydrogen-bond acceptors (Lipinski definition) is 6. The van der Waals surface area contributed by atoms with Gasteiger partial charge in [0.15, 0.2) is 0 Å². The topological polar surface area (TPSA) is 101 Å². The second kappa shape index (κ2) is 7.73. The molecule has 9 heteroatoms. The van der Waals surface area contributed by atoms with Gasteiger partial charge in [0.25, 0.3) is 15.9 Å². The standard InChI is InChI=1S/C17H16N4O3S2/c1-12-7-9-14(10-8-12)15(22)19-16-20-21-17(25-16)26(23,24)18-11-13-5-3-2-4-6-13/h2-10,18H,11H2,1H3,(H,19,20,22). The van der Waals surface area contributed by atoms with Crippen LogP contribution in [-0.2, 0) is 16.6 Å². The van der Waals surface area contributed by atoms with E-state index in [1.54, 1.807) is 12.1 Å². The molecule has 0 aliphatic carbocycles. The predicted octanol–water partition coefficient (Wildman–Crippen LogP) is 2.58. The van der Waals surface area contributed by atoms with Gasteiger partial charge in [-0.25, -0.2) is 13.1 Å². The fourth-order valence-electron chi connectivity index (χ4n) is 2.08. The Bertz CT molecular complexity index is 1000. The summed E-state index contributed by atoms with van der Waals surface area (Å²) in [4.78, 5) is 12.2. The van der Waals surface area contributed by atoms with Crippen LogP contribution < -0.4 is 10.0 Å². The summed E-state index contributed by atoms with van der Waals surface area (Å²) >= 11 is 0.796. The maximum absolute atomic E-state index is 12.3. The first-order valence-corrected chi connectivity index (χ1v) is 9.99. The number of anilines is 1. The Balaban J connectivity index is 1.66. The highest BCUT2D eigenvalue weighted by atomic mass is 32.2. The zero-order chi connectivity index (χ0) is 18.6. The molecule has 0 bridgehead atoms. The number of carbonyl (C=O) groups excluding carboxylic acids is 1. The molecular weight excluding hydrogens is 372 g/mol. The van der Waals surface area contributed by atoms with Gasteiger partial charge in [0.05, 0.1) is 0 Å². The van der Waals surface area contributed by atoms with Gasteiger partial charge < -0.3 is 0 Å². The van der Waals surface area contributed by atoms with E-state index in [1.165, 1.54) is 0 Å². The van der Waals surface area contributed by atoms with Crippen molar-refractivity contribution in [2.45, 2.75) is 17.8 Å². The molecule has 0 saturated heterocycles. The van der Waals surface area contributed by atoms with E-state index in [0.717, 1.165) is 22.5 Å². The van der Waals surface area contributed by atoms with Crippen molar-refractivity contribution in [1.82, 2.24) is 14.9 Å². The minimum Gasteiger partial charge on any atom is -0.296 e. The first-order chi connectivity index (χ1) is 12.4. The first kappa shape index (κ1) is 18.2. The Kier molecular flexibility index (Phi) is 5.40. The minimum atomic E-state index is -3.80. The van der Waals surface area contributed by atoms with Crippen LogP contribution in [0.25, 0.3) is 0 Å². The fraction of sp³-hybridized carbons (Fsp3) is 0.118. The normalized spacial score (nSPS) is 11.3. The lowest BCUT2D eigenvalue weighted by Gasteiger charge is -2.03. The number of nitrogens with zero attached hydrogens (tertiary/aromatic N) is 2. The summed E-state index contributed by atoms with van der Waals surface area (Å²) in [5.41, 5.74) is 2.32. The highest BCUT2D eigenvalue weighted by molar-refractivity contribution is 7.91. The molecule has 0 saturated carbocycles. The third-order valence-electron chi connectivity index (χ3n) is 3.48. The number of hydrogen-bond donors (Lipinski definition) is 2. The average Bonchev–Trinajstić information content (AvgIpc) is 3.11. The number of carbonyl (C=O) groups is 1. The van der Waals surface area contributed by atoms with Gasteiger partial charge in [-0.1, -0.05) is 59.4 Å². The predicted molar refractivity (Wildman–Crippen MR) is 99.5 cm³/mol. The molecule has 0 aliphatic rings. The quantitative estimate of drug-likeness (QED) is 0.632. The summed E-state index contributed by atoms with van der Waals surface area (Å²) < 4.78 is 26.9. The van der Waals surface area contributed by atoms with E-state index < -0.39 is 10.0 Å². The van der Waals surface area contributed by atoms with E-state index in [9.17, 15) is 13.2 Å². The maximum atomic E-state index is 12.3. The summed E-state index contributed by atoms with van der Waals surface area (Å²) in [6, 6.07) is 16.1. The number of benzene rings is 2. The van der Waals surface area contributed by atoms with Gasteiger partial charge in [0.2, 0.25) is 9.47 Å². The molecule has 3 rings (SSSR count). The van der Waals surface area contributed by atoms with Crippen molar-refractivity contribution in [3.8, 4) is 0 Å². The second-order valence-electron chi connectivity index (χ2n) is 5.50. The number of nitrogens with one attached hydrogen (secondary N) is 2. The Morgan fingerprint density at radius 2 is 1.73 bits per heavy atom. The van der Waals surface area contributed by atoms with Crippen molar-refractivity contribution in [1.29, 1.82) is 0 Å². The van der Waals surface area contributed by atoms with Crippen LogP contribution in [-0.4, -0.2) is 24.5 Å². The van der Waals surface area contributed by atoms with Crippen molar-refractivity contribution >= 4 is 32.4 Å². The summed E-state index contributed by atoms with van der Waals surface area (Å²) in [5, 5.41) is 10.1. The number of amides is 1. The van der Waals surface area contributed by atoms with E-state index in [0.29, 0.717) is 5.56 Å². The molecule has 0 atom stereocenters. The molecule has 1 aromatic heterocycles. The number of sulfonamides is 1. The van der Waals surface area contributed by atoms with Gasteiger partial charge in [0.1, 0.15) is 0 Å². The van der Waals surface area contributed by atoms with E-state index in [-0.39, 0.29) is 21.9 Å². The first-order valence-electron chi connectivity index (χ1n) is 7.69. The zero-order valence-corrected chi connectivity index (χ0v) is 15.5. The Morgan fingerprint density at radius 1 is 1.04 bits per heavy atom. The molecule has 0 radical (unpaired) electrons. The Labute approximate surface area is 155 Å². The third kappa shape index (κ3) is 4.51. The summed E-state index contributed by atoms with van der Waals surface area (Å²) in [6.07, 6.45) is 0. The molecule has 0 fully saturated rings. The smallest absolute Gasteiger partial charge is 0.270 e. The van der Waals surface area contributed by atoms with Gasteiger partial charge in [-0.05, 0) is 24.6 Å². The van der Waals surface area contributed by atoms with Crippen LogP contribution in [0.5, 0.6) is 0 Å². The van der Waals surface area contributed by atoms with Crippen molar-refractivity contribution < 1.29 is 13.2 Å². The SMILES string of the molecule is Cc1ccc(C(=O)Nc2nnc(S(=O)(=O)NCc3ccccc3)s2)cc1. The monoisotopic (exact) mass is 388 g/mol. The van der Waals surface area contributed by atoms with Gasteiger partial charge in [0, 0.05) is 12.1 Å². The van der Waals surface area contributed by atoms with Crippen molar-refractivity contribution in [2.75, 3.05) is 5.32 Å². The summed E-state index contributed by atoms with van der Waals surface area (Å²) in [7, 11) is -3.80. The number of aromatic nitrogens is 2. The molecule has 1 heterocycles. The highest BCUT2D eigenvalue weighted by Gasteiger charge is 2.21. The molecular formula is C17H16N4O3S2. The molecule has 134 valence electrons. The molecule has 0 spiro atoms. The maximum Gasteiger partial charge on any atom is 0.270 e. The third-order valence-corrected chi connectivity index (χ3v) is 6.09. The molecule has 2 aromatic carbocycles. The van der Waals surface area contributed by atoms with Crippen LogP contribution in [0.1, 0.15) is 21.5 Å². The Morgan fingerprint density at radius 3 is 2.42 bits per heavy atom. The largest absolute Gasteiger partial charge is 0.296 e. The number of rotatable bonds is 6. The van der Waals surface area contributed by atoms with Crippen molar-refractivity contribution in [3.05, 3.63) is 71.3 Å². The molecule has 1 amide bonds. The summed E-state index contributed by atoms with van der Waals surface area (Å²) in [6.45, 7) is 2.07. The van der Waals surface area contributed by atoms with Gasteiger partial charge in [-0.15, -0.1) is 10.2 Å². The van der Waals surface area contributed by atoms with Crippen LogP contribution >= 0.6 is 11.3 Å². The Hall–Kier alpha value is -2.62. The van der Waals surface area contributed by atoms with Crippen molar-refractivity contribution in [3.63, 3.8) is 0 Å². The lowest BCUT2D eigenvalue weighted by molar-refractivity contribution is 0.102. The lowest BCUT2D eigenvalue weighted by Crippen LogP contribution is -2.23. The zero-order valence-electron chi connectivity index (χ0n) is 13.8. The van der Waals surface area contributed by atoms with Crippen LogP contribution in [0.3, 0.4) is 0 Å². The van der Waals surface area contributed by atoms with E-state index in [1.807, 2.05) is 49.4 Å². The molecule has 3 aromatic rings. The highest BCUT2D eigenvalue weighted by Crippen LogP contribution is 2.20. The van der Waals surface area contributed by atoms with Crippen molar-refractivity contribution in [2.24, 2.45) is 0 Å². The van der Waals surface area contributed by atoms with E-state index in [4.69, 9.17) is 0 Å². The number of aryl methyl sites for hydroxylation is 1. The van der Waals surface area contributed by atoms with Crippen LogP contribution in [0.2, 0.25) is 0 Å². The van der Waals surface area contributed by atoms with Crippen LogP contribution in [0.4, 0.5) is 5.13 Å². The average molecular weight is 388 g/mol. The van der Waals surface area contributed by atoms with Crippen LogP contribution in [0.15, 0.2) is 58.9 Å². The van der Waals surface area contributed by atoms with Crippen LogP contribution in [0, 0.1) is 6.92 Å². The second-order valence-corrected chi connectivity index (χ2v) is 8.42.